The predicted molar refractivity (Wildman–Crippen MR) is 55.3 cm³/mol. The number of H-pyrrole nitrogens is 1. The Morgan fingerprint density at radius 2 is 1.94 bits per heavy atom. The lowest BCUT2D eigenvalue weighted by Gasteiger charge is -1.93. The number of alkyl halides is 3. The normalized spacial score (nSPS) is 10.9. The third-order valence-corrected chi connectivity index (χ3v) is 1.89. The third kappa shape index (κ3) is 3.37. The van der Waals surface area contributed by atoms with Crippen LogP contribution in [0.3, 0.4) is 0 Å². The van der Waals surface area contributed by atoms with Gasteiger partial charge >= 0.3 is 17.9 Å². The number of hydrogen-bond donors (Lipinski definition) is 2. The number of nitrogens with one attached hydrogen (secondary N) is 1. The van der Waals surface area contributed by atoms with Crippen molar-refractivity contribution in [1.29, 1.82) is 0 Å². The highest BCUT2D eigenvalue weighted by Gasteiger charge is 2.38. The molecule has 0 amide bonds. The van der Waals surface area contributed by atoms with Gasteiger partial charge in [-0.15, -0.1) is 0 Å². The minimum atomic E-state index is -5.08. The number of rotatable bonds is 0. The van der Waals surface area contributed by atoms with Crippen LogP contribution >= 0.6 is 0 Å². The molecule has 0 aliphatic carbocycles. The molecule has 0 aliphatic heterocycles. The zero-order valence-corrected chi connectivity index (χ0v) is 9.04. The first-order chi connectivity index (χ1) is 8.21. The monoisotopic (exact) mass is 263 g/mol. The predicted octanol–water partition coefficient (Wildman–Crippen LogP) is 2.06. The maximum Gasteiger partial charge on any atom is 0.490 e. The Morgan fingerprint density at radius 1 is 1.39 bits per heavy atom. The molecule has 2 aromatic rings. The van der Waals surface area contributed by atoms with Crippen LogP contribution < -0.4 is 5.76 Å². The van der Waals surface area contributed by atoms with Gasteiger partial charge in [0, 0.05) is 0 Å². The summed E-state index contributed by atoms with van der Waals surface area (Å²) in [6, 6.07) is 5.59. The summed E-state index contributed by atoms with van der Waals surface area (Å²) in [5, 5.41) is 7.12. The standard InChI is InChI=1S/C8H7NO2.C2HF3O2/c1-5-3-2-4-6-7(5)11-8(10)9-6;3-2(4,5)1(6)7/h2-4H,1H3,(H,9,10);(H,6,7). The lowest BCUT2D eigenvalue weighted by molar-refractivity contribution is -0.192. The van der Waals surface area contributed by atoms with Crippen molar-refractivity contribution in [2.75, 3.05) is 0 Å². The van der Waals surface area contributed by atoms with E-state index >= 15 is 0 Å². The number of fused-ring (bicyclic) bond motifs is 1. The van der Waals surface area contributed by atoms with E-state index in [1.54, 1.807) is 0 Å². The summed E-state index contributed by atoms with van der Waals surface area (Å²) in [5.41, 5.74) is 2.38. The SMILES string of the molecule is Cc1cccc2[nH]c(=O)oc12.O=C(O)C(F)(F)F. The van der Waals surface area contributed by atoms with Gasteiger partial charge in [-0.2, -0.15) is 13.2 Å². The molecule has 1 aromatic carbocycles. The first kappa shape index (κ1) is 13.8. The summed E-state index contributed by atoms with van der Waals surface area (Å²) in [6.07, 6.45) is -5.08. The summed E-state index contributed by atoms with van der Waals surface area (Å²) in [7, 11) is 0. The molecule has 18 heavy (non-hydrogen) atoms. The number of aryl methyl sites for hydroxylation is 1. The second-order valence-corrected chi connectivity index (χ2v) is 3.27. The third-order valence-electron chi connectivity index (χ3n) is 1.89. The molecule has 0 spiro atoms. The van der Waals surface area contributed by atoms with Crippen LogP contribution in [-0.4, -0.2) is 22.2 Å². The van der Waals surface area contributed by atoms with Crippen molar-refractivity contribution in [2.45, 2.75) is 13.1 Å². The Kier molecular flexibility index (Phi) is 3.79. The zero-order chi connectivity index (χ0) is 13.9. The lowest BCUT2D eigenvalue weighted by atomic mass is 10.2. The number of aliphatic carboxylic acids is 1. The lowest BCUT2D eigenvalue weighted by Crippen LogP contribution is -2.21. The van der Waals surface area contributed by atoms with Crippen LogP contribution in [0.25, 0.3) is 11.1 Å². The van der Waals surface area contributed by atoms with E-state index in [1.165, 1.54) is 0 Å². The van der Waals surface area contributed by atoms with Crippen LogP contribution in [0, 0.1) is 6.92 Å². The van der Waals surface area contributed by atoms with Gasteiger partial charge in [-0.3, -0.25) is 4.98 Å². The highest BCUT2D eigenvalue weighted by Crippen LogP contribution is 2.13. The highest BCUT2D eigenvalue weighted by molar-refractivity contribution is 5.75. The van der Waals surface area contributed by atoms with Crippen molar-refractivity contribution in [3.63, 3.8) is 0 Å². The average Bonchev–Trinajstić information content (AvgIpc) is 2.59. The van der Waals surface area contributed by atoms with Crippen molar-refractivity contribution >= 4 is 17.1 Å². The molecule has 98 valence electrons. The van der Waals surface area contributed by atoms with Gasteiger partial charge in [0.2, 0.25) is 0 Å². The van der Waals surface area contributed by atoms with E-state index in [-0.39, 0.29) is 0 Å². The summed E-state index contributed by atoms with van der Waals surface area (Å²) >= 11 is 0. The van der Waals surface area contributed by atoms with E-state index in [0.29, 0.717) is 5.58 Å². The topological polar surface area (TPSA) is 83.3 Å². The molecule has 0 bridgehead atoms. The maximum atomic E-state index is 10.7. The number of hydrogen-bond acceptors (Lipinski definition) is 3. The van der Waals surface area contributed by atoms with Gasteiger partial charge in [0.05, 0.1) is 5.52 Å². The number of carboxylic acid groups (broad SMARTS) is 1. The molecule has 1 heterocycles. The fourth-order valence-electron chi connectivity index (χ4n) is 1.11. The van der Waals surface area contributed by atoms with Gasteiger partial charge in [-0.1, -0.05) is 12.1 Å². The Morgan fingerprint density at radius 3 is 2.39 bits per heavy atom. The number of para-hydroxylation sites is 1. The van der Waals surface area contributed by atoms with Gasteiger partial charge < -0.3 is 9.52 Å². The van der Waals surface area contributed by atoms with E-state index < -0.39 is 17.9 Å². The molecule has 8 heteroatoms. The fraction of sp³-hybridized carbons (Fsp3) is 0.200. The molecule has 0 fully saturated rings. The van der Waals surface area contributed by atoms with E-state index in [2.05, 4.69) is 4.98 Å². The first-order valence-electron chi connectivity index (χ1n) is 4.60. The zero-order valence-electron chi connectivity index (χ0n) is 9.04. The second kappa shape index (κ2) is 4.94. The van der Waals surface area contributed by atoms with Gasteiger partial charge in [-0.05, 0) is 18.6 Å². The van der Waals surface area contributed by atoms with E-state index in [1.807, 2.05) is 25.1 Å². The quantitative estimate of drug-likeness (QED) is 0.762. The molecule has 0 saturated heterocycles. The summed E-state index contributed by atoms with van der Waals surface area (Å²) in [4.78, 5) is 22.2. The summed E-state index contributed by atoms with van der Waals surface area (Å²) < 4.78 is 36.6. The van der Waals surface area contributed by atoms with Crippen molar-refractivity contribution in [1.82, 2.24) is 4.98 Å². The van der Waals surface area contributed by atoms with Gasteiger partial charge in [0.15, 0.2) is 5.58 Å². The smallest absolute Gasteiger partial charge is 0.475 e. The summed E-state index contributed by atoms with van der Waals surface area (Å²) in [6.45, 7) is 1.90. The number of carbonyl (C=O) groups is 1. The Bertz CT molecular complexity index is 611. The van der Waals surface area contributed by atoms with E-state index in [4.69, 9.17) is 14.3 Å². The molecule has 0 saturated carbocycles. The van der Waals surface area contributed by atoms with Gasteiger partial charge in [-0.25, -0.2) is 9.59 Å². The maximum absolute atomic E-state index is 10.7. The number of aromatic nitrogens is 1. The molecule has 2 N–H and O–H groups in total. The second-order valence-electron chi connectivity index (χ2n) is 3.27. The fourth-order valence-corrected chi connectivity index (χ4v) is 1.11. The van der Waals surface area contributed by atoms with Crippen LogP contribution in [0.4, 0.5) is 13.2 Å². The van der Waals surface area contributed by atoms with Crippen molar-refractivity contribution < 1.29 is 27.5 Å². The van der Waals surface area contributed by atoms with Crippen LogP contribution in [0.15, 0.2) is 27.4 Å². The number of aromatic amines is 1. The molecular weight excluding hydrogens is 255 g/mol. The molecular formula is C10H8F3NO4. The van der Waals surface area contributed by atoms with Crippen LogP contribution in [-0.2, 0) is 4.79 Å². The first-order valence-corrected chi connectivity index (χ1v) is 4.60. The van der Waals surface area contributed by atoms with Crippen molar-refractivity contribution in [2.24, 2.45) is 0 Å². The van der Waals surface area contributed by atoms with E-state index in [0.717, 1.165) is 11.1 Å². The van der Waals surface area contributed by atoms with Crippen molar-refractivity contribution in [3.05, 3.63) is 34.3 Å². The van der Waals surface area contributed by atoms with Gasteiger partial charge in [0.1, 0.15) is 0 Å². The largest absolute Gasteiger partial charge is 0.490 e. The Labute approximate surface area is 97.8 Å². The summed E-state index contributed by atoms with van der Waals surface area (Å²) in [5.74, 6) is -3.15. The highest BCUT2D eigenvalue weighted by atomic mass is 19.4. The molecule has 1 aromatic heterocycles. The van der Waals surface area contributed by atoms with Crippen molar-refractivity contribution in [3.8, 4) is 0 Å². The minimum Gasteiger partial charge on any atom is -0.475 e. The Balaban J connectivity index is 0.000000203. The molecule has 0 atom stereocenters. The van der Waals surface area contributed by atoms with E-state index in [9.17, 15) is 18.0 Å². The minimum absolute atomic E-state index is 0.394. The molecule has 2 rings (SSSR count). The molecule has 0 aliphatic rings. The number of oxazole rings is 1. The molecule has 5 nitrogen and oxygen atoms in total. The number of carboxylic acids is 1. The van der Waals surface area contributed by atoms with Crippen LogP contribution in [0.1, 0.15) is 5.56 Å². The van der Waals surface area contributed by atoms with Gasteiger partial charge in [0.25, 0.3) is 0 Å². The Hall–Kier alpha value is -2.25. The molecule has 0 radical (unpaired) electrons. The van der Waals surface area contributed by atoms with Crippen LogP contribution in [0.2, 0.25) is 0 Å². The average molecular weight is 263 g/mol. The molecule has 0 unspecified atom stereocenters. The number of benzene rings is 1. The number of halogens is 3. The van der Waals surface area contributed by atoms with Crippen LogP contribution in [0.5, 0.6) is 0 Å².